The fourth-order valence-corrected chi connectivity index (χ4v) is 2.81. The van der Waals surface area contributed by atoms with E-state index in [0.717, 1.165) is 5.39 Å². The van der Waals surface area contributed by atoms with Crippen molar-refractivity contribution in [1.82, 2.24) is 4.98 Å². The van der Waals surface area contributed by atoms with Crippen molar-refractivity contribution in [2.45, 2.75) is 20.1 Å². The van der Waals surface area contributed by atoms with Crippen molar-refractivity contribution in [3.63, 3.8) is 0 Å². The van der Waals surface area contributed by atoms with Crippen LogP contribution in [0.4, 0.5) is 0 Å². The van der Waals surface area contributed by atoms with Crippen LogP contribution in [0.3, 0.4) is 0 Å². The number of carbonyl (C=O) groups is 1. The van der Waals surface area contributed by atoms with Gasteiger partial charge in [-0.25, -0.2) is 4.79 Å². The van der Waals surface area contributed by atoms with Crippen LogP contribution in [0, 0.1) is 0 Å². The Balaban J connectivity index is 2.13. The number of methoxy groups -OCH3 is 1. The summed E-state index contributed by atoms with van der Waals surface area (Å²) in [5, 5.41) is 0.807. The summed E-state index contributed by atoms with van der Waals surface area (Å²) in [6, 6.07) is 9.05. The van der Waals surface area contributed by atoms with Gasteiger partial charge in [-0.15, -0.1) is 0 Å². The van der Waals surface area contributed by atoms with Crippen molar-refractivity contribution in [1.29, 1.82) is 0 Å². The molecule has 26 heavy (non-hydrogen) atoms. The molecule has 1 aromatic carbocycles. The molecular weight excluding hydrogens is 334 g/mol. The minimum atomic E-state index is -0.582. The van der Waals surface area contributed by atoms with Crippen LogP contribution in [0.1, 0.15) is 36.3 Å². The number of rotatable bonds is 7. The summed E-state index contributed by atoms with van der Waals surface area (Å²) in [5.74, 6) is 0.152. The SMILES string of the molecule is CCOC(OCC)c1cc2cncc(-c3ccccc3C(=O)OC)c2o1. The van der Waals surface area contributed by atoms with Gasteiger partial charge in [0.05, 0.1) is 12.7 Å². The van der Waals surface area contributed by atoms with Crippen LogP contribution in [0.25, 0.3) is 22.1 Å². The molecule has 0 radical (unpaired) electrons. The summed E-state index contributed by atoms with van der Waals surface area (Å²) in [4.78, 5) is 16.4. The van der Waals surface area contributed by atoms with Gasteiger partial charge in [0.25, 0.3) is 0 Å². The molecule has 2 heterocycles. The first-order valence-electron chi connectivity index (χ1n) is 8.47. The van der Waals surface area contributed by atoms with Gasteiger partial charge in [0.2, 0.25) is 6.29 Å². The number of furan rings is 1. The predicted octanol–water partition coefficient (Wildman–Crippen LogP) is 4.35. The minimum absolute atomic E-state index is 0.411. The fraction of sp³-hybridized carbons (Fsp3) is 0.300. The molecule has 0 fully saturated rings. The first-order valence-corrected chi connectivity index (χ1v) is 8.47. The number of ether oxygens (including phenoxy) is 3. The van der Waals surface area contributed by atoms with E-state index in [1.54, 1.807) is 24.5 Å². The largest absolute Gasteiger partial charge is 0.465 e. The van der Waals surface area contributed by atoms with Gasteiger partial charge in [0.1, 0.15) is 5.58 Å². The monoisotopic (exact) mass is 355 g/mol. The second-order valence-corrected chi connectivity index (χ2v) is 5.53. The van der Waals surface area contributed by atoms with Crippen LogP contribution in [0.5, 0.6) is 0 Å². The Kier molecular flexibility index (Phi) is 5.65. The van der Waals surface area contributed by atoms with Gasteiger partial charge in [0.15, 0.2) is 5.76 Å². The van der Waals surface area contributed by atoms with E-state index in [1.165, 1.54) is 7.11 Å². The first kappa shape index (κ1) is 18.1. The molecule has 0 aliphatic rings. The van der Waals surface area contributed by atoms with Gasteiger partial charge in [-0.2, -0.15) is 0 Å². The van der Waals surface area contributed by atoms with Crippen LogP contribution in [-0.4, -0.2) is 31.3 Å². The highest BCUT2D eigenvalue weighted by molar-refractivity contribution is 6.02. The van der Waals surface area contributed by atoms with Crippen LogP contribution in [-0.2, 0) is 14.2 Å². The van der Waals surface area contributed by atoms with Crippen LogP contribution >= 0.6 is 0 Å². The molecule has 0 N–H and O–H groups in total. The zero-order valence-electron chi connectivity index (χ0n) is 15.0. The van der Waals surface area contributed by atoms with E-state index >= 15 is 0 Å². The third kappa shape index (κ3) is 3.47. The molecule has 136 valence electrons. The number of pyridine rings is 1. The molecule has 0 unspecified atom stereocenters. The third-order valence-corrected chi connectivity index (χ3v) is 3.93. The van der Waals surface area contributed by atoms with Crippen LogP contribution < -0.4 is 0 Å². The minimum Gasteiger partial charge on any atom is -0.465 e. The molecule has 0 aliphatic heterocycles. The highest BCUT2D eigenvalue weighted by Gasteiger charge is 2.21. The summed E-state index contributed by atoms with van der Waals surface area (Å²) in [5.41, 5.74) is 2.48. The summed E-state index contributed by atoms with van der Waals surface area (Å²) in [6.07, 6.45) is 2.80. The standard InChI is InChI=1S/C20H21NO5/c1-4-24-20(25-5-2)17-10-13-11-21-12-16(18(13)26-17)14-8-6-7-9-15(14)19(22)23-3/h6-12,20H,4-5H2,1-3H3. The summed E-state index contributed by atoms with van der Waals surface area (Å²) < 4.78 is 22.2. The molecule has 6 heteroatoms. The number of aromatic nitrogens is 1. The molecule has 3 rings (SSSR count). The van der Waals surface area contributed by atoms with E-state index in [2.05, 4.69) is 4.98 Å². The number of hydrogen-bond donors (Lipinski definition) is 0. The Labute approximate surface area is 151 Å². The molecule has 0 aliphatic carbocycles. The Bertz CT molecular complexity index is 896. The predicted molar refractivity (Wildman–Crippen MR) is 96.8 cm³/mol. The quantitative estimate of drug-likeness (QED) is 0.463. The van der Waals surface area contributed by atoms with Crippen molar-refractivity contribution in [3.05, 3.63) is 54.0 Å². The maximum Gasteiger partial charge on any atom is 0.338 e. The maximum atomic E-state index is 12.1. The second kappa shape index (κ2) is 8.12. The molecule has 0 atom stereocenters. The van der Waals surface area contributed by atoms with E-state index in [4.69, 9.17) is 18.6 Å². The molecule has 2 aromatic heterocycles. The van der Waals surface area contributed by atoms with E-state index in [-0.39, 0.29) is 0 Å². The lowest BCUT2D eigenvalue weighted by Crippen LogP contribution is -2.07. The topological polar surface area (TPSA) is 70.8 Å². The number of nitrogens with zero attached hydrogens (tertiary/aromatic N) is 1. The van der Waals surface area contributed by atoms with E-state index in [0.29, 0.717) is 41.2 Å². The number of carbonyl (C=O) groups excluding carboxylic acids is 1. The molecule has 0 spiro atoms. The van der Waals surface area contributed by atoms with Crippen molar-refractivity contribution in [2.24, 2.45) is 0 Å². The number of fused-ring (bicyclic) bond motifs is 1. The lowest BCUT2D eigenvalue weighted by Gasteiger charge is -2.13. The van der Waals surface area contributed by atoms with Crippen molar-refractivity contribution >= 4 is 16.9 Å². The number of hydrogen-bond acceptors (Lipinski definition) is 6. The molecular formula is C20H21NO5. The van der Waals surface area contributed by atoms with Gasteiger partial charge in [-0.05, 0) is 26.0 Å². The molecule has 3 aromatic rings. The average Bonchev–Trinajstić information content (AvgIpc) is 3.11. The lowest BCUT2D eigenvalue weighted by molar-refractivity contribution is -0.150. The van der Waals surface area contributed by atoms with Crippen molar-refractivity contribution < 1.29 is 23.4 Å². The highest BCUT2D eigenvalue weighted by Crippen LogP contribution is 2.34. The van der Waals surface area contributed by atoms with Gasteiger partial charge in [-0.1, -0.05) is 18.2 Å². The van der Waals surface area contributed by atoms with Crippen LogP contribution in [0.2, 0.25) is 0 Å². The van der Waals surface area contributed by atoms with Gasteiger partial charge in [0, 0.05) is 42.1 Å². The van der Waals surface area contributed by atoms with E-state index in [9.17, 15) is 4.79 Å². The van der Waals surface area contributed by atoms with E-state index < -0.39 is 12.3 Å². The molecule has 0 saturated carbocycles. The Morgan fingerprint density at radius 2 is 1.85 bits per heavy atom. The Hall–Kier alpha value is -2.70. The second-order valence-electron chi connectivity index (χ2n) is 5.53. The lowest BCUT2D eigenvalue weighted by atomic mass is 10.00. The summed E-state index contributed by atoms with van der Waals surface area (Å²) in [7, 11) is 1.36. The summed E-state index contributed by atoms with van der Waals surface area (Å²) >= 11 is 0. The van der Waals surface area contributed by atoms with Crippen molar-refractivity contribution in [2.75, 3.05) is 20.3 Å². The van der Waals surface area contributed by atoms with Crippen LogP contribution in [0.15, 0.2) is 47.1 Å². The van der Waals surface area contributed by atoms with Gasteiger partial charge < -0.3 is 18.6 Å². The maximum absolute atomic E-state index is 12.1. The summed E-state index contributed by atoms with van der Waals surface area (Å²) in [6.45, 7) is 4.79. The normalized spacial score (nSPS) is 11.2. The zero-order valence-corrected chi connectivity index (χ0v) is 15.0. The molecule has 0 saturated heterocycles. The zero-order chi connectivity index (χ0) is 18.5. The smallest absolute Gasteiger partial charge is 0.338 e. The Morgan fingerprint density at radius 3 is 2.54 bits per heavy atom. The van der Waals surface area contributed by atoms with Gasteiger partial charge >= 0.3 is 5.97 Å². The fourth-order valence-electron chi connectivity index (χ4n) is 2.81. The van der Waals surface area contributed by atoms with E-state index in [1.807, 2.05) is 32.0 Å². The molecule has 6 nitrogen and oxygen atoms in total. The Morgan fingerprint density at radius 1 is 1.12 bits per heavy atom. The third-order valence-electron chi connectivity index (χ3n) is 3.93. The molecule has 0 amide bonds. The van der Waals surface area contributed by atoms with Crippen molar-refractivity contribution in [3.8, 4) is 11.1 Å². The molecule has 0 bridgehead atoms. The number of benzene rings is 1. The highest BCUT2D eigenvalue weighted by atomic mass is 16.7. The number of esters is 1. The van der Waals surface area contributed by atoms with Gasteiger partial charge in [-0.3, -0.25) is 4.98 Å². The average molecular weight is 355 g/mol. The first-order chi connectivity index (χ1) is 12.7.